The lowest BCUT2D eigenvalue weighted by Crippen LogP contribution is -2.25. The van der Waals surface area contributed by atoms with E-state index in [0.717, 1.165) is 0 Å². The number of aromatic carboxylic acids is 1. The van der Waals surface area contributed by atoms with E-state index in [9.17, 15) is 14.4 Å². The molecule has 1 unspecified atom stereocenters. The first-order valence-electron chi connectivity index (χ1n) is 6.35. The maximum absolute atomic E-state index is 12.1. The minimum atomic E-state index is -1.01. The third-order valence-corrected chi connectivity index (χ3v) is 4.89. The van der Waals surface area contributed by atoms with Crippen LogP contribution in [-0.2, 0) is 9.59 Å². The Labute approximate surface area is 134 Å². The van der Waals surface area contributed by atoms with E-state index in [1.807, 2.05) is 0 Å². The summed E-state index contributed by atoms with van der Waals surface area (Å²) in [5, 5.41) is 8.99. The van der Waals surface area contributed by atoms with Crippen molar-refractivity contribution in [2.45, 2.75) is 13.3 Å². The van der Waals surface area contributed by atoms with Crippen molar-refractivity contribution in [2.75, 3.05) is 17.2 Å². The molecule has 0 aliphatic carbocycles. The van der Waals surface area contributed by atoms with Crippen molar-refractivity contribution in [1.29, 1.82) is 0 Å². The van der Waals surface area contributed by atoms with Gasteiger partial charge in [-0.05, 0) is 40.0 Å². The summed E-state index contributed by atoms with van der Waals surface area (Å²) in [7, 11) is 0. The Morgan fingerprint density at radius 3 is 2.76 bits per heavy atom. The van der Waals surface area contributed by atoms with Gasteiger partial charge in [0.2, 0.25) is 5.91 Å². The number of anilines is 1. The molecule has 1 aromatic carbocycles. The molecule has 5 nitrogen and oxygen atoms in total. The summed E-state index contributed by atoms with van der Waals surface area (Å²) in [4.78, 5) is 35.6. The first kappa shape index (κ1) is 16.0. The van der Waals surface area contributed by atoms with E-state index in [0.29, 0.717) is 28.9 Å². The van der Waals surface area contributed by atoms with E-state index in [-0.39, 0.29) is 22.5 Å². The lowest BCUT2D eigenvalue weighted by molar-refractivity contribution is -0.117. The zero-order valence-electron chi connectivity index (χ0n) is 11.3. The molecule has 1 aliphatic rings. The van der Waals surface area contributed by atoms with Gasteiger partial charge < -0.3 is 10.0 Å². The summed E-state index contributed by atoms with van der Waals surface area (Å²) in [6.07, 6.45) is 0.410. The van der Waals surface area contributed by atoms with Gasteiger partial charge in [0, 0.05) is 30.1 Å². The van der Waals surface area contributed by atoms with E-state index < -0.39 is 5.97 Å². The lowest BCUT2D eigenvalue weighted by atomic mass is 10.1. The summed E-state index contributed by atoms with van der Waals surface area (Å²) >= 11 is 4.55. The quantitative estimate of drug-likeness (QED) is 0.880. The van der Waals surface area contributed by atoms with Gasteiger partial charge in [-0.3, -0.25) is 9.59 Å². The third-order valence-electron chi connectivity index (χ3n) is 3.21. The van der Waals surface area contributed by atoms with Crippen molar-refractivity contribution in [1.82, 2.24) is 0 Å². The van der Waals surface area contributed by atoms with Crippen LogP contribution in [0.15, 0.2) is 22.7 Å². The van der Waals surface area contributed by atoms with Crippen LogP contribution in [0, 0.1) is 5.92 Å². The molecule has 21 heavy (non-hydrogen) atoms. The van der Waals surface area contributed by atoms with Crippen LogP contribution in [0.3, 0.4) is 0 Å². The highest BCUT2D eigenvalue weighted by Gasteiger charge is 2.31. The van der Waals surface area contributed by atoms with Crippen molar-refractivity contribution in [3.8, 4) is 0 Å². The first-order valence-corrected chi connectivity index (χ1v) is 8.13. The van der Waals surface area contributed by atoms with E-state index in [1.165, 1.54) is 30.8 Å². The molecular weight excluding hydrogens is 358 g/mol. The molecule has 112 valence electrons. The summed E-state index contributed by atoms with van der Waals surface area (Å²) < 4.78 is 0.579. The van der Waals surface area contributed by atoms with Crippen LogP contribution in [0.25, 0.3) is 0 Å². The van der Waals surface area contributed by atoms with E-state index in [4.69, 9.17) is 5.11 Å². The lowest BCUT2D eigenvalue weighted by Gasteiger charge is -2.18. The number of thioether (sulfide) groups is 1. The molecule has 1 saturated heterocycles. The Balaban J connectivity index is 2.13. The number of rotatable bonds is 4. The zero-order valence-corrected chi connectivity index (χ0v) is 13.7. The molecule has 0 aromatic heterocycles. The Morgan fingerprint density at radius 1 is 1.48 bits per heavy atom. The first-order chi connectivity index (χ1) is 9.88. The number of carboxylic acid groups (broad SMARTS) is 1. The van der Waals surface area contributed by atoms with Gasteiger partial charge in [-0.15, -0.1) is 0 Å². The number of hydrogen-bond acceptors (Lipinski definition) is 4. The number of nitrogens with zero attached hydrogens (tertiary/aromatic N) is 1. The number of carbonyl (C=O) groups is 3. The third kappa shape index (κ3) is 3.85. The topological polar surface area (TPSA) is 74.7 Å². The molecule has 1 amide bonds. The number of hydrogen-bond donors (Lipinski definition) is 1. The molecule has 2 rings (SSSR count). The number of halogens is 1. The van der Waals surface area contributed by atoms with E-state index in [2.05, 4.69) is 15.9 Å². The van der Waals surface area contributed by atoms with Crippen molar-refractivity contribution in [3.05, 3.63) is 28.2 Å². The normalized spacial score (nSPS) is 18.1. The van der Waals surface area contributed by atoms with Crippen LogP contribution in [0.4, 0.5) is 5.69 Å². The molecule has 1 fully saturated rings. The summed E-state index contributed by atoms with van der Waals surface area (Å²) in [5.74, 6) is -0.251. The summed E-state index contributed by atoms with van der Waals surface area (Å²) in [5.41, 5.74) is 0.835. The highest BCUT2D eigenvalue weighted by molar-refractivity contribution is 9.10. The molecule has 1 N–H and O–H groups in total. The van der Waals surface area contributed by atoms with Gasteiger partial charge in [0.05, 0.1) is 11.3 Å². The Kier molecular flexibility index (Phi) is 5.05. The van der Waals surface area contributed by atoms with Crippen LogP contribution in [-0.4, -0.2) is 34.4 Å². The Hall–Kier alpha value is -1.34. The van der Waals surface area contributed by atoms with Crippen LogP contribution >= 0.6 is 27.7 Å². The van der Waals surface area contributed by atoms with Crippen LogP contribution in [0.5, 0.6) is 0 Å². The minimum Gasteiger partial charge on any atom is -0.478 e. The predicted octanol–water partition coefficient (Wildman–Crippen LogP) is 2.78. The Bertz CT molecular complexity index is 605. The monoisotopic (exact) mass is 371 g/mol. The fraction of sp³-hybridized carbons (Fsp3) is 0.357. The van der Waals surface area contributed by atoms with Crippen molar-refractivity contribution < 1.29 is 19.5 Å². The van der Waals surface area contributed by atoms with Gasteiger partial charge in [0.15, 0.2) is 5.12 Å². The fourth-order valence-corrected chi connectivity index (χ4v) is 3.51. The van der Waals surface area contributed by atoms with Gasteiger partial charge in [-0.1, -0.05) is 11.8 Å². The second-order valence-corrected chi connectivity index (χ2v) is 6.90. The smallest absolute Gasteiger partial charge is 0.335 e. The van der Waals surface area contributed by atoms with Gasteiger partial charge in [-0.25, -0.2) is 4.79 Å². The van der Waals surface area contributed by atoms with Crippen LogP contribution in [0.1, 0.15) is 23.7 Å². The maximum atomic E-state index is 12.1. The van der Waals surface area contributed by atoms with Gasteiger partial charge in [0.1, 0.15) is 0 Å². The highest BCUT2D eigenvalue weighted by atomic mass is 79.9. The average Bonchev–Trinajstić information content (AvgIpc) is 2.77. The van der Waals surface area contributed by atoms with Crippen molar-refractivity contribution in [3.63, 3.8) is 0 Å². The number of benzene rings is 1. The predicted molar refractivity (Wildman–Crippen MR) is 84.7 cm³/mol. The molecule has 1 atom stereocenters. The van der Waals surface area contributed by atoms with Gasteiger partial charge in [-0.2, -0.15) is 0 Å². The molecule has 7 heteroatoms. The average molecular weight is 372 g/mol. The van der Waals surface area contributed by atoms with Crippen molar-refractivity contribution >= 4 is 50.4 Å². The minimum absolute atomic E-state index is 0.00655. The number of amides is 1. The zero-order chi connectivity index (χ0) is 15.6. The number of carboxylic acids is 1. The van der Waals surface area contributed by atoms with Crippen LogP contribution < -0.4 is 4.90 Å². The fourth-order valence-electron chi connectivity index (χ4n) is 2.22. The maximum Gasteiger partial charge on any atom is 0.335 e. The SMILES string of the molecule is CC(=O)SCC1CC(=O)N(c2ccc(C(=O)O)cc2Br)C1. The van der Waals surface area contributed by atoms with Crippen molar-refractivity contribution in [2.24, 2.45) is 5.92 Å². The molecule has 1 heterocycles. The van der Waals surface area contributed by atoms with Gasteiger partial charge >= 0.3 is 5.97 Å². The second kappa shape index (κ2) is 6.62. The molecule has 0 radical (unpaired) electrons. The van der Waals surface area contributed by atoms with E-state index >= 15 is 0 Å². The molecule has 0 saturated carbocycles. The molecule has 0 bridgehead atoms. The second-order valence-electron chi connectivity index (χ2n) is 4.85. The molecule has 0 spiro atoms. The molecule has 1 aromatic rings. The number of carbonyl (C=O) groups excluding carboxylic acids is 2. The van der Waals surface area contributed by atoms with E-state index in [1.54, 1.807) is 11.0 Å². The van der Waals surface area contributed by atoms with Crippen LogP contribution in [0.2, 0.25) is 0 Å². The molecule has 1 aliphatic heterocycles. The largest absolute Gasteiger partial charge is 0.478 e. The van der Waals surface area contributed by atoms with Gasteiger partial charge in [0.25, 0.3) is 0 Å². The molecular formula is C14H14BrNO4S. The summed E-state index contributed by atoms with van der Waals surface area (Å²) in [6.45, 7) is 2.06. The highest BCUT2D eigenvalue weighted by Crippen LogP contribution is 2.33. The standard InChI is InChI=1S/C14H14BrNO4S/c1-8(17)21-7-9-4-13(18)16(6-9)12-3-2-10(14(19)20)5-11(12)15/h2-3,5,9H,4,6-7H2,1H3,(H,19,20). The summed E-state index contributed by atoms with van der Waals surface area (Å²) in [6, 6.07) is 4.60. The Morgan fingerprint density at radius 2 is 2.19 bits per heavy atom.